The molecule has 0 aromatic heterocycles. The summed E-state index contributed by atoms with van der Waals surface area (Å²) < 4.78 is 26.6. The molecular weight excluding hydrogens is 286 g/mol. The first-order valence-corrected chi connectivity index (χ1v) is 7.49. The van der Waals surface area contributed by atoms with E-state index in [9.17, 15) is 18.3 Å². The molecule has 1 aromatic carbocycles. The molecule has 0 heterocycles. The summed E-state index contributed by atoms with van der Waals surface area (Å²) >= 11 is 0. The number of aromatic carboxylic acids is 1. The molecule has 0 aliphatic rings. The fraction of sp³-hybridized carbons (Fsp3) is 0.417. The number of benzene rings is 1. The van der Waals surface area contributed by atoms with Gasteiger partial charge in [0, 0.05) is 12.6 Å². The smallest absolute Gasteiger partial charge is 0.339 e. The van der Waals surface area contributed by atoms with Crippen molar-refractivity contribution in [3.05, 3.63) is 23.8 Å². The summed E-state index contributed by atoms with van der Waals surface area (Å²) in [6.07, 6.45) is 0.753. The zero-order valence-corrected chi connectivity index (χ0v) is 11.7. The van der Waals surface area contributed by atoms with E-state index < -0.39 is 33.3 Å². The Morgan fingerprint density at radius 2 is 2.05 bits per heavy atom. The molecule has 4 N–H and O–H groups in total. The van der Waals surface area contributed by atoms with Gasteiger partial charge in [-0.2, -0.15) is 0 Å². The topological polar surface area (TPSA) is 124 Å². The second kappa shape index (κ2) is 6.69. The normalized spacial score (nSPS) is 13.1. The van der Waals surface area contributed by atoms with E-state index in [1.165, 1.54) is 0 Å². The van der Waals surface area contributed by atoms with Crippen LogP contribution in [0.3, 0.4) is 0 Å². The molecular formula is C12H17NO6S. The van der Waals surface area contributed by atoms with Crippen LogP contribution >= 0.6 is 0 Å². The van der Waals surface area contributed by atoms with Gasteiger partial charge in [0.15, 0.2) is 0 Å². The van der Waals surface area contributed by atoms with E-state index in [1.807, 2.05) is 0 Å². The summed E-state index contributed by atoms with van der Waals surface area (Å²) in [5, 5.41) is 27.1. The Kier molecular flexibility index (Phi) is 5.49. The van der Waals surface area contributed by atoms with Crippen LogP contribution in [0.4, 0.5) is 0 Å². The van der Waals surface area contributed by atoms with Crippen molar-refractivity contribution in [2.45, 2.75) is 30.7 Å². The minimum absolute atomic E-state index is 0.156. The molecule has 0 fully saturated rings. The third kappa shape index (κ3) is 3.92. The average molecular weight is 303 g/mol. The maximum atomic E-state index is 12.1. The summed E-state index contributed by atoms with van der Waals surface area (Å²) in [6, 6.07) is 2.60. The van der Waals surface area contributed by atoms with Crippen LogP contribution in [0.15, 0.2) is 23.1 Å². The monoisotopic (exact) mass is 303 g/mol. The largest absolute Gasteiger partial charge is 0.507 e. The van der Waals surface area contributed by atoms with Crippen molar-refractivity contribution in [1.29, 1.82) is 0 Å². The molecule has 0 aliphatic heterocycles. The Labute approximate surface area is 116 Å². The van der Waals surface area contributed by atoms with Crippen molar-refractivity contribution in [1.82, 2.24) is 4.72 Å². The number of aromatic hydroxyl groups is 1. The van der Waals surface area contributed by atoms with Gasteiger partial charge in [-0.25, -0.2) is 17.9 Å². The van der Waals surface area contributed by atoms with Crippen LogP contribution < -0.4 is 4.72 Å². The molecule has 1 unspecified atom stereocenters. The third-order valence-electron chi connectivity index (χ3n) is 2.80. The van der Waals surface area contributed by atoms with Gasteiger partial charge in [-0.15, -0.1) is 0 Å². The number of phenols is 1. The quantitative estimate of drug-likeness (QED) is 0.582. The van der Waals surface area contributed by atoms with Gasteiger partial charge in [0.05, 0.1) is 4.90 Å². The zero-order chi connectivity index (χ0) is 15.3. The summed E-state index contributed by atoms with van der Waals surface area (Å²) in [6.45, 7) is 1.61. The molecule has 0 spiro atoms. The fourth-order valence-corrected chi connectivity index (χ4v) is 3.02. The molecule has 7 nitrogen and oxygen atoms in total. The molecule has 1 rings (SSSR count). The number of hydrogen-bond donors (Lipinski definition) is 4. The second-order valence-corrected chi connectivity index (χ2v) is 5.94. The fourth-order valence-electron chi connectivity index (χ4n) is 1.64. The van der Waals surface area contributed by atoms with Gasteiger partial charge in [0.25, 0.3) is 0 Å². The van der Waals surface area contributed by atoms with Crippen molar-refractivity contribution in [2.24, 2.45) is 0 Å². The number of sulfonamides is 1. The van der Waals surface area contributed by atoms with Crippen LogP contribution in [0.25, 0.3) is 0 Å². The Morgan fingerprint density at radius 1 is 1.40 bits per heavy atom. The Bertz CT molecular complexity index is 584. The summed E-state index contributed by atoms with van der Waals surface area (Å²) in [7, 11) is -3.90. The number of carboxylic acid groups (broad SMARTS) is 1. The van der Waals surface area contributed by atoms with Crippen LogP contribution in [-0.2, 0) is 10.0 Å². The van der Waals surface area contributed by atoms with Gasteiger partial charge in [-0.1, -0.05) is 6.92 Å². The molecule has 0 amide bonds. The maximum Gasteiger partial charge on any atom is 0.339 e. The van der Waals surface area contributed by atoms with Gasteiger partial charge < -0.3 is 15.3 Å². The first kappa shape index (κ1) is 16.4. The average Bonchev–Trinajstić information content (AvgIpc) is 2.37. The summed E-state index contributed by atoms with van der Waals surface area (Å²) in [4.78, 5) is 10.6. The lowest BCUT2D eigenvalue weighted by molar-refractivity contribution is 0.0693. The molecule has 0 saturated heterocycles. The van der Waals surface area contributed by atoms with Crippen LogP contribution in [0, 0.1) is 0 Å². The SMILES string of the molecule is CCC(CCO)NS(=O)(=O)c1ccc(O)c(C(=O)O)c1. The molecule has 0 bridgehead atoms. The van der Waals surface area contributed by atoms with E-state index in [4.69, 9.17) is 10.2 Å². The number of carbonyl (C=O) groups is 1. The number of aliphatic hydroxyl groups is 1. The van der Waals surface area contributed by atoms with Gasteiger partial charge >= 0.3 is 5.97 Å². The second-order valence-electron chi connectivity index (χ2n) is 4.22. The van der Waals surface area contributed by atoms with Crippen molar-refractivity contribution in [3.8, 4) is 5.75 Å². The highest BCUT2D eigenvalue weighted by molar-refractivity contribution is 7.89. The van der Waals surface area contributed by atoms with E-state index in [0.717, 1.165) is 18.2 Å². The van der Waals surface area contributed by atoms with E-state index in [0.29, 0.717) is 6.42 Å². The van der Waals surface area contributed by atoms with Gasteiger partial charge in [-0.05, 0) is 31.0 Å². The highest BCUT2D eigenvalue weighted by Gasteiger charge is 2.21. The van der Waals surface area contributed by atoms with E-state index >= 15 is 0 Å². The lowest BCUT2D eigenvalue weighted by Crippen LogP contribution is -2.35. The zero-order valence-electron chi connectivity index (χ0n) is 10.9. The molecule has 0 saturated carbocycles. The number of hydrogen-bond acceptors (Lipinski definition) is 5. The maximum absolute atomic E-state index is 12.1. The Morgan fingerprint density at radius 3 is 2.55 bits per heavy atom. The van der Waals surface area contributed by atoms with Crippen LogP contribution in [-0.4, -0.2) is 42.4 Å². The predicted octanol–water partition coefficient (Wildman–Crippen LogP) is 0.530. The lowest BCUT2D eigenvalue weighted by Gasteiger charge is -2.16. The molecule has 112 valence electrons. The number of carboxylic acids is 1. The lowest BCUT2D eigenvalue weighted by atomic mass is 10.2. The number of aliphatic hydroxyl groups excluding tert-OH is 1. The summed E-state index contributed by atoms with van der Waals surface area (Å²) in [5.74, 6) is -1.92. The van der Waals surface area contributed by atoms with E-state index in [-0.39, 0.29) is 17.9 Å². The molecule has 0 radical (unpaired) electrons. The first-order valence-electron chi connectivity index (χ1n) is 6.01. The van der Waals surface area contributed by atoms with Gasteiger partial charge in [0.1, 0.15) is 11.3 Å². The van der Waals surface area contributed by atoms with Crippen LogP contribution in [0.5, 0.6) is 5.75 Å². The third-order valence-corrected chi connectivity index (χ3v) is 4.32. The molecule has 20 heavy (non-hydrogen) atoms. The predicted molar refractivity (Wildman–Crippen MR) is 71.2 cm³/mol. The van der Waals surface area contributed by atoms with Gasteiger partial charge in [-0.3, -0.25) is 0 Å². The molecule has 8 heteroatoms. The van der Waals surface area contributed by atoms with E-state index in [1.54, 1.807) is 6.92 Å². The van der Waals surface area contributed by atoms with Crippen molar-refractivity contribution in [2.75, 3.05) is 6.61 Å². The standard InChI is InChI=1S/C12H17NO6S/c1-2-8(5-6-14)13-20(18,19)9-3-4-11(15)10(7-9)12(16)17/h3-4,7-8,13-15H,2,5-6H2,1H3,(H,16,17). The molecule has 0 aliphatic carbocycles. The van der Waals surface area contributed by atoms with Crippen molar-refractivity contribution < 1.29 is 28.5 Å². The highest BCUT2D eigenvalue weighted by atomic mass is 32.2. The minimum atomic E-state index is -3.90. The van der Waals surface area contributed by atoms with Gasteiger partial charge in [0.2, 0.25) is 10.0 Å². The summed E-state index contributed by atoms with van der Waals surface area (Å²) in [5.41, 5.74) is -0.483. The highest BCUT2D eigenvalue weighted by Crippen LogP contribution is 2.21. The first-order chi connectivity index (χ1) is 9.31. The van der Waals surface area contributed by atoms with Crippen molar-refractivity contribution in [3.63, 3.8) is 0 Å². The van der Waals surface area contributed by atoms with E-state index in [2.05, 4.69) is 4.72 Å². The molecule has 1 atom stereocenters. The minimum Gasteiger partial charge on any atom is -0.507 e. The Balaban J connectivity index is 3.09. The number of nitrogens with one attached hydrogen (secondary N) is 1. The van der Waals surface area contributed by atoms with Crippen molar-refractivity contribution >= 4 is 16.0 Å². The Hall–Kier alpha value is -1.64. The molecule has 1 aromatic rings. The number of rotatable bonds is 7. The van der Waals surface area contributed by atoms with Crippen LogP contribution in [0.1, 0.15) is 30.1 Å². The van der Waals surface area contributed by atoms with Crippen LogP contribution in [0.2, 0.25) is 0 Å².